The maximum atomic E-state index is 11.1. The second-order valence-electron chi connectivity index (χ2n) is 6.01. The zero-order valence-corrected chi connectivity index (χ0v) is 15.9. The third-order valence-corrected chi connectivity index (χ3v) is 5.29. The third kappa shape index (κ3) is 8.91. The average molecular weight is 355 g/mol. The Labute approximate surface area is 147 Å². The Morgan fingerprint density at radius 1 is 1.17 bits per heavy atom. The lowest BCUT2D eigenvalue weighted by molar-refractivity contribution is 0.152. The van der Waals surface area contributed by atoms with Crippen LogP contribution in [0.5, 0.6) is 0 Å². The summed E-state index contributed by atoms with van der Waals surface area (Å²) >= 11 is 3.75. The van der Waals surface area contributed by atoms with Gasteiger partial charge in [-0.05, 0) is 5.56 Å². The molecule has 6 heteroatoms. The molecule has 1 N–H and O–H groups in total. The minimum Gasteiger partial charge on any atom is -0.323 e. The van der Waals surface area contributed by atoms with E-state index in [0.29, 0.717) is 0 Å². The normalized spacial score (nSPS) is 12.1. The van der Waals surface area contributed by atoms with Crippen LogP contribution in [0.4, 0.5) is 4.79 Å². The van der Waals surface area contributed by atoms with E-state index in [-0.39, 0.29) is 5.41 Å². The number of hydrogen-bond acceptors (Lipinski definition) is 5. The number of oxime groups is 1. The Bertz CT molecular complexity index is 499. The molecule has 0 spiro atoms. The van der Waals surface area contributed by atoms with Crippen LogP contribution in [0.25, 0.3) is 0 Å². The summed E-state index contributed by atoms with van der Waals surface area (Å²) in [7, 11) is 1.52. The fourth-order valence-corrected chi connectivity index (χ4v) is 3.91. The number of amides is 1. The van der Waals surface area contributed by atoms with Crippen molar-refractivity contribution in [2.75, 3.05) is 24.3 Å². The molecule has 0 radical (unpaired) electrons. The van der Waals surface area contributed by atoms with Gasteiger partial charge in [-0.25, -0.2) is 4.79 Å². The largest absolute Gasteiger partial charge is 0.433 e. The Kier molecular flexibility index (Phi) is 9.17. The molecule has 4 nitrogen and oxygen atoms in total. The van der Waals surface area contributed by atoms with Gasteiger partial charge in [0.1, 0.15) is 0 Å². The molecule has 1 aromatic rings. The van der Waals surface area contributed by atoms with Gasteiger partial charge in [0, 0.05) is 35.5 Å². The number of rotatable bonds is 8. The summed E-state index contributed by atoms with van der Waals surface area (Å²) in [4.78, 5) is 16.0. The van der Waals surface area contributed by atoms with Crippen molar-refractivity contribution in [3.05, 3.63) is 35.9 Å². The van der Waals surface area contributed by atoms with Crippen LogP contribution in [0.15, 0.2) is 35.5 Å². The number of carbonyl (C=O) groups excluding carboxylic acids is 1. The van der Waals surface area contributed by atoms with Crippen molar-refractivity contribution in [1.29, 1.82) is 0 Å². The molecular formula is C17H26N2O2S2. The molecule has 0 unspecified atom stereocenters. The van der Waals surface area contributed by atoms with Crippen molar-refractivity contribution in [2.45, 2.75) is 26.5 Å². The molecule has 0 fully saturated rings. The smallest absolute Gasteiger partial charge is 0.323 e. The van der Waals surface area contributed by atoms with Crippen molar-refractivity contribution < 1.29 is 9.63 Å². The lowest BCUT2D eigenvalue weighted by Gasteiger charge is -2.20. The van der Waals surface area contributed by atoms with Crippen LogP contribution in [0.1, 0.15) is 26.3 Å². The molecule has 0 aliphatic rings. The zero-order valence-electron chi connectivity index (χ0n) is 14.3. The minimum atomic E-state index is -0.532. The van der Waals surface area contributed by atoms with Crippen LogP contribution in [-0.4, -0.2) is 36.1 Å². The first-order valence-electron chi connectivity index (χ1n) is 7.59. The predicted octanol–water partition coefficient (Wildman–Crippen LogP) is 4.41. The number of nitrogens with one attached hydrogen (secondary N) is 1. The van der Waals surface area contributed by atoms with E-state index in [0.717, 1.165) is 28.7 Å². The molecule has 0 bridgehead atoms. The third-order valence-electron chi connectivity index (χ3n) is 3.03. The molecule has 23 heavy (non-hydrogen) atoms. The summed E-state index contributed by atoms with van der Waals surface area (Å²) < 4.78 is 0. The number of thioether (sulfide) groups is 2. The van der Waals surface area contributed by atoms with Crippen molar-refractivity contribution in [1.82, 2.24) is 5.32 Å². The van der Waals surface area contributed by atoms with Gasteiger partial charge in [-0.3, -0.25) is 4.84 Å². The van der Waals surface area contributed by atoms with E-state index in [9.17, 15) is 4.79 Å². The van der Waals surface area contributed by atoms with E-state index >= 15 is 0 Å². The Morgan fingerprint density at radius 2 is 1.83 bits per heavy atom. The van der Waals surface area contributed by atoms with Crippen molar-refractivity contribution in [3.63, 3.8) is 0 Å². The van der Waals surface area contributed by atoms with Crippen molar-refractivity contribution in [3.8, 4) is 0 Å². The van der Waals surface area contributed by atoms with Crippen LogP contribution in [-0.2, 0) is 10.6 Å². The second kappa shape index (κ2) is 10.6. The van der Waals surface area contributed by atoms with Gasteiger partial charge >= 0.3 is 6.09 Å². The zero-order chi connectivity index (χ0) is 17.1. The molecular weight excluding hydrogens is 328 g/mol. The Morgan fingerprint density at radius 3 is 2.43 bits per heavy atom. The van der Waals surface area contributed by atoms with Crippen LogP contribution in [0.3, 0.4) is 0 Å². The van der Waals surface area contributed by atoms with E-state index < -0.39 is 6.09 Å². The highest BCUT2D eigenvalue weighted by atomic mass is 32.2. The maximum absolute atomic E-state index is 11.1. The van der Waals surface area contributed by atoms with Gasteiger partial charge in [0.2, 0.25) is 0 Å². The fourth-order valence-electron chi connectivity index (χ4n) is 1.57. The van der Waals surface area contributed by atoms with Gasteiger partial charge in [0.15, 0.2) is 0 Å². The van der Waals surface area contributed by atoms with Crippen LogP contribution < -0.4 is 5.32 Å². The Hall–Kier alpha value is -1.14. The van der Waals surface area contributed by atoms with Gasteiger partial charge in [-0.1, -0.05) is 56.3 Å². The molecule has 128 valence electrons. The van der Waals surface area contributed by atoms with E-state index in [2.05, 4.69) is 55.5 Å². The van der Waals surface area contributed by atoms with Crippen molar-refractivity contribution in [2.24, 2.45) is 10.6 Å². The standard InChI is InChI=1S/C17H26N2O2S2/c1-17(2,3)15(19-21-16(20)18-4)13-23-11-10-22-12-14-8-6-5-7-9-14/h5-9H,10-13H2,1-4H3,(H,18,20). The monoisotopic (exact) mass is 354 g/mol. The lowest BCUT2D eigenvalue weighted by atomic mass is 9.91. The first kappa shape index (κ1) is 19.9. The van der Waals surface area contributed by atoms with Gasteiger partial charge in [-0.15, -0.1) is 0 Å². The summed E-state index contributed by atoms with van der Waals surface area (Å²) in [5, 5.41) is 6.40. The van der Waals surface area contributed by atoms with E-state index in [1.165, 1.54) is 12.6 Å². The molecule has 0 saturated heterocycles. The molecule has 0 aliphatic carbocycles. The fraction of sp³-hybridized carbons (Fsp3) is 0.529. The first-order chi connectivity index (χ1) is 10.9. The van der Waals surface area contributed by atoms with Crippen LogP contribution >= 0.6 is 23.5 Å². The number of nitrogens with zero attached hydrogens (tertiary/aromatic N) is 1. The SMILES string of the molecule is CNC(=O)ON=C(CSCCSCc1ccccc1)C(C)(C)C. The highest BCUT2D eigenvalue weighted by Crippen LogP contribution is 2.21. The van der Waals surface area contributed by atoms with Gasteiger partial charge in [0.25, 0.3) is 0 Å². The van der Waals surface area contributed by atoms with Crippen molar-refractivity contribution >= 4 is 35.3 Å². The van der Waals surface area contributed by atoms with Gasteiger partial charge < -0.3 is 5.32 Å². The van der Waals surface area contributed by atoms with E-state index in [1.807, 2.05) is 29.6 Å². The first-order valence-corrected chi connectivity index (χ1v) is 9.90. The summed E-state index contributed by atoms with van der Waals surface area (Å²) in [5.74, 6) is 3.95. The van der Waals surface area contributed by atoms with Gasteiger partial charge in [0.05, 0.1) is 5.71 Å². The minimum absolute atomic E-state index is 0.113. The lowest BCUT2D eigenvalue weighted by Crippen LogP contribution is -2.25. The van der Waals surface area contributed by atoms with E-state index in [4.69, 9.17) is 4.84 Å². The molecule has 0 aliphatic heterocycles. The highest BCUT2D eigenvalue weighted by Gasteiger charge is 2.20. The molecule has 0 aromatic heterocycles. The summed E-state index contributed by atoms with van der Waals surface area (Å²) in [6, 6.07) is 10.5. The predicted molar refractivity (Wildman–Crippen MR) is 102 cm³/mol. The quantitative estimate of drug-likeness (QED) is 0.325. The summed E-state index contributed by atoms with van der Waals surface area (Å²) in [6.07, 6.45) is -0.532. The summed E-state index contributed by atoms with van der Waals surface area (Å²) in [6.45, 7) is 6.22. The Balaban J connectivity index is 2.28. The topological polar surface area (TPSA) is 50.7 Å². The molecule has 1 aromatic carbocycles. The number of benzene rings is 1. The number of carbonyl (C=O) groups is 1. The second-order valence-corrected chi connectivity index (χ2v) is 8.22. The molecule has 0 saturated carbocycles. The molecule has 0 heterocycles. The van der Waals surface area contributed by atoms with Gasteiger partial charge in [-0.2, -0.15) is 23.5 Å². The molecule has 1 amide bonds. The van der Waals surface area contributed by atoms with E-state index in [1.54, 1.807) is 0 Å². The van der Waals surface area contributed by atoms with Crippen LogP contribution in [0, 0.1) is 5.41 Å². The summed E-state index contributed by atoms with van der Waals surface area (Å²) in [5.41, 5.74) is 2.13. The van der Waals surface area contributed by atoms with Crippen LogP contribution in [0.2, 0.25) is 0 Å². The molecule has 1 rings (SSSR count). The highest BCUT2D eigenvalue weighted by molar-refractivity contribution is 8.02. The molecule has 0 atom stereocenters. The average Bonchev–Trinajstić information content (AvgIpc) is 2.52. The number of hydrogen-bond donors (Lipinski definition) is 1. The maximum Gasteiger partial charge on any atom is 0.433 e.